The maximum absolute atomic E-state index is 3.70. The summed E-state index contributed by atoms with van der Waals surface area (Å²) in [6, 6.07) is 11.6. The molecular formula is C16H25N. The van der Waals surface area contributed by atoms with Gasteiger partial charge in [0.2, 0.25) is 0 Å². The highest BCUT2D eigenvalue weighted by Gasteiger charge is 2.31. The van der Waals surface area contributed by atoms with Crippen LogP contribution in [0.25, 0.3) is 0 Å². The molecule has 0 saturated carbocycles. The van der Waals surface area contributed by atoms with Crippen LogP contribution in [0.15, 0.2) is 30.3 Å². The van der Waals surface area contributed by atoms with Gasteiger partial charge in [0, 0.05) is 6.04 Å². The smallest absolute Gasteiger partial charge is 0.0139 e. The lowest BCUT2D eigenvalue weighted by molar-refractivity contribution is 0.281. The molecule has 0 bridgehead atoms. The van der Waals surface area contributed by atoms with Crippen LogP contribution in [-0.2, 0) is 6.42 Å². The second-order valence-corrected chi connectivity index (χ2v) is 5.28. The lowest BCUT2D eigenvalue weighted by atomic mass is 9.81. The minimum atomic E-state index is 0.697. The largest absolute Gasteiger partial charge is 0.313 e. The zero-order valence-electron chi connectivity index (χ0n) is 11.2. The molecule has 0 spiro atoms. The van der Waals surface area contributed by atoms with Gasteiger partial charge in [-0.2, -0.15) is 0 Å². The molecule has 0 amide bonds. The van der Waals surface area contributed by atoms with E-state index in [4.69, 9.17) is 0 Å². The number of benzene rings is 1. The first-order chi connectivity index (χ1) is 8.35. The van der Waals surface area contributed by atoms with Crippen LogP contribution in [0, 0.1) is 11.8 Å². The first kappa shape index (κ1) is 12.6. The highest BCUT2D eigenvalue weighted by molar-refractivity contribution is 5.16. The van der Waals surface area contributed by atoms with Crippen LogP contribution in [0.4, 0.5) is 0 Å². The van der Waals surface area contributed by atoms with E-state index in [1.807, 2.05) is 0 Å². The normalized spacial score (nSPS) is 24.4. The van der Waals surface area contributed by atoms with E-state index < -0.39 is 0 Å². The van der Waals surface area contributed by atoms with Crippen LogP contribution in [0.3, 0.4) is 0 Å². The SMILES string of the molecule is CCC(CC)C1CCNC1Cc1ccccc1. The molecule has 0 aromatic heterocycles. The maximum atomic E-state index is 3.70. The van der Waals surface area contributed by atoms with Crippen molar-refractivity contribution in [2.24, 2.45) is 11.8 Å². The highest BCUT2D eigenvalue weighted by atomic mass is 15.0. The molecule has 1 aromatic rings. The fourth-order valence-electron chi connectivity index (χ4n) is 3.34. The minimum Gasteiger partial charge on any atom is -0.313 e. The molecule has 1 aromatic carbocycles. The van der Waals surface area contributed by atoms with Crippen molar-refractivity contribution >= 4 is 0 Å². The van der Waals surface area contributed by atoms with Crippen molar-refractivity contribution in [1.82, 2.24) is 5.32 Å². The van der Waals surface area contributed by atoms with Gasteiger partial charge in [-0.15, -0.1) is 0 Å². The van der Waals surface area contributed by atoms with Crippen molar-refractivity contribution in [3.05, 3.63) is 35.9 Å². The van der Waals surface area contributed by atoms with Gasteiger partial charge in [0.1, 0.15) is 0 Å². The van der Waals surface area contributed by atoms with Gasteiger partial charge in [-0.1, -0.05) is 57.0 Å². The van der Waals surface area contributed by atoms with Crippen LogP contribution in [0.5, 0.6) is 0 Å². The average Bonchev–Trinajstić information content (AvgIpc) is 2.81. The monoisotopic (exact) mass is 231 g/mol. The van der Waals surface area contributed by atoms with E-state index in [0.717, 1.165) is 11.8 Å². The highest BCUT2D eigenvalue weighted by Crippen LogP contribution is 2.30. The first-order valence-electron chi connectivity index (χ1n) is 7.12. The molecule has 1 saturated heterocycles. The number of hydrogen-bond donors (Lipinski definition) is 1. The van der Waals surface area contributed by atoms with Gasteiger partial charge in [0.15, 0.2) is 0 Å². The van der Waals surface area contributed by atoms with E-state index in [0.29, 0.717) is 6.04 Å². The van der Waals surface area contributed by atoms with Crippen LogP contribution in [0.1, 0.15) is 38.7 Å². The zero-order valence-corrected chi connectivity index (χ0v) is 11.2. The molecule has 2 atom stereocenters. The Balaban J connectivity index is 2.00. The summed E-state index contributed by atoms with van der Waals surface area (Å²) in [5, 5.41) is 3.70. The van der Waals surface area contributed by atoms with E-state index in [1.165, 1.54) is 37.8 Å². The summed E-state index contributed by atoms with van der Waals surface area (Å²) in [5.41, 5.74) is 1.47. The molecule has 0 aliphatic carbocycles. The van der Waals surface area contributed by atoms with Crippen molar-refractivity contribution in [3.63, 3.8) is 0 Å². The van der Waals surface area contributed by atoms with Gasteiger partial charge in [-0.25, -0.2) is 0 Å². The zero-order chi connectivity index (χ0) is 12.1. The second kappa shape index (κ2) is 6.20. The summed E-state index contributed by atoms with van der Waals surface area (Å²) in [6.07, 6.45) is 5.22. The van der Waals surface area contributed by atoms with Crippen molar-refractivity contribution in [1.29, 1.82) is 0 Å². The van der Waals surface area contributed by atoms with Crippen molar-refractivity contribution in [2.45, 2.75) is 45.6 Å². The molecule has 0 radical (unpaired) electrons. The third-order valence-electron chi connectivity index (χ3n) is 4.35. The molecule has 2 rings (SSSR count). The van der Waals surface area contributed by atoms with Crippen molar-refractivity contribution < 1.29 is 0 Å². The van der Waals surface area contributed by atoms with Crippen LogP contribution in [0.2, 0.25) is 0 Å². The molecule has 1 nitrogen and oxygen atoms in total. The van der Waals surface area contributed by atoms with Gasteiger partial charge in [-0.3, -0.25) is 0 Å². The third kappa shape index (κ3) is 3.10. The molecule has 1 aliphatic rings. The van der Waals surface area contributed by atoms with Crippen LogP contribution >= 0.6 is 0 Å². The lowest BCUT2D eigenvalue weighted by Crippen LogP contribution is -2.32. The van der Waals surface area contributed by atoms with E-state index >= 15 is 0 Å². The molecule has 1 fully saturated rings. The Kier molecular flexibility index (Phi) is 4.61. The van der Waals surface area contributed by atoms with Gasteiger partial charge >= 0.3 is 0 Å². The van der Waals surface area contributed by atoms with Gasteiger partial charge in [0.25, 0.3) is 0 Å². The van der Waals surface area contributed by atoms with E-state index in [9.17, 15) is 0 Å². The fourth-order valence-corrected chi connectivity index (χ4v) is 3.34. The molecule has 94 valence electrons. The quantitative estimate of drug-likeness (QED) is 0.815. The summed E-state index contributed by atoms with van der Waals surface area (Å²) in [7, 11) is 0. The summed E-state index contributed by atoms with van der Waals surface area (Å²) >= 11 is 0. The van der Waals surface area contributed by atoms with E-state index in [2.05, 4.69) is 49.5 Å². The third-order valence-corrected chi connectivity index (χ3v) is 4.35. The van der Waals surface area contributed by atoms with E-state index in [-0.39, 0.29) is 0 Å². The Morgan fingerprint density at radius 1 is 1.18 bits per heavy atom. The summed E-state index contributed by atoms with van der Waals surface area (Å²) in [4.78, 5) is 0. The second-order valence-electron chi connectivity index (χ2n) is 5.28. The van der Waals surface area contributed by atoms with Gasteiger partial charge in [0.05, 0.1) is 0 Å². The number of nitrogens with one attached hydrogen (secondary N) is 1. The Labute approximate surface area is 106 Å². The summed E-state index contributed by atoms with van der Waals surface area (Å²) in [5.74, 6) is 1.78. The van der Waals surface area contributed by atoms with Gasteiger partial charge in [-0.05, 0) is 36.8 Å². The standard InChI is InChI=1S/C16H25N/c1-3-14(4-2)15-10-11-17-16(15)12-13-8-6-5-7-9-13/h5-9,14-17H,3-4,10-12H2,1-2H3. The molecule has 17 heavy (non-hydrogen) atoms. The molecule has 1 heteroatoms. The van der Waals surface area contributed by atoms with Crippen LogP contribution in [-0.4, -0.2) is 12.6 Å². The predicted octanol–water partition coefficient (Wildman–Crippen LogP) is 3.64. The van der Waals surface area contributed by atoms with E-state index in [1.54, 1.807) is 0 Å². The topological polar surface area (TPSA) is 12.0 Å². The molecular weight excluding hydrogens is 206 g/mol. The Morgan fingerprint density at radius 2 is 1.88 bits per heavy atom. The minimum absolute atomic E-state index is 0.697. The first-order valence-corrected chi connectivity index (χ1v) is 7.12. The molecule has 2 unspecified atom stereocenters. The maximum Gasteiger partial charge on any atom is 0.0139 e. The van der Waals surface area contributed by atoms with Crippen LogP contribution < -0.4 is 5.32 Å². The molecule has 1 aliphatic heterocycles. The lowest BCUT2D eigenvalue weighted by Gasteiger charge is -2.27. The predicted molar refractivity (Wildman–Crippen MR) is 74.1 cm³/mol. The van der Waals surface area contributed by atoms with Crippen molar-refractivity contribution in [2.75, 3.05) is 6.54 Å². The fraction of sp³-hybridized carbons (Fsp3) is 0.625. The Bertz CT molecular complexity index is 316. The average molecular weight is 231 g/mol. The Hall–Kier alpha value is -0.820. The molecule has 1 N–H and O–H groups in total. The number of hydrogen-bond acceptors (Lipinski definition) is 1. The summed E-state index contributed by atoms with van der Waals surface area (Å²) < 4.78 is 0. The summed E-state index contributed by atoms with van der Waals surface area (Å²) in [6.45, 7) is 5.89. The van der Waals surface area contributed by atoms with Gasteiger partial charge < -0.3 is 5.32 Å². The number of rotatable bonds is 5. The van der Waals surface area contributed by atoms with Crippen molar-refractivity contribution in [3.8, 4) is 0 Å². The molecule has 1 heterocycles. The Morgan fingerprint density at radius 3 is 2.53 bits per heavy atom.